The maximum atomic E-state index is 14.0. The molecule has 188 valence electrons. The van der Waals surface area contributed by atoms with Gasteiger partial charge < -0.3 is 9.42 Å². The van der Waals surface area contributed by atoms with Gasteiger partial charge in [0.15, 0.2) is 10.7 Å². The molecule has 5 rings (SSSR count). The van der Waals surface area contributed by atoms with Gasteiger partial charge in [-0.2, -0.15) is 4.31 Å². The number of sulfonamides is 1. The minimum absolute atomic E-state index is 0.0307. The lowest BCUT2D eigenvalue weighted by Crippen LogP contribution is -2.44. The number of aromatic nitrogens is 1. The quantitative estimate of drug-likeness (QED) is 0.504. The number of carbonyl (C=O) groups excluding carboxylic acids is 1. The van der Waals surface area contributed by atoms with Gasteiger partial charge in [-0.1, -0.05) is 23.4 Å². The number of nitrogens with zero attached hydrogens (tertiary/aromatic N) is 3. The normalized spacial score (nSPS) is 17.1. The Morgan fingerprint density at radius 3 is 2.58 bits per heavy atom. The van der Waals surface area contributed by atoms with Crippen LogP contribution in [0.4, 0.5) is 14.5 Å². The van der Waals surface area contributed by atoms with E-state index in [2.05, 4.69) is 5.16 Å². The lowest BCUT2D eigenvalue weighted by Gasteiger charge is -2.32. The number of benzene rings is 2. The van der Waals surface area contributed by atoms with Crippen LogP contribution in [0.15, 0.2) is 51.9 Å². The van der Waals surface area contributed by atoms with Crippen molar-refractivity contribution in [2.45, 2.75) is 31.1 Å². The van der Waals surface area contributed by atoms with E-state index >= 15 is 0 Å². The van der Waals surface area contributed by atoms with Crippen molar-refractivity contribution in [2.75, 3.05) is 24.5 Å². The number of anilines is 1. The molecule has 1 saturated heterocycles. The molecule has 2 aliphatic rings. The summed E-state index contributed by atoms with van der Waals surface area (Å²) in [6.45, 7) is 2.54. The maximum Gasteiger partial charge on any atom is 0.248 e. The molecule has 10 heteroatoms. The van der Waals surface area contributed by atoms with Crippen LogP contribution in [-0.2, 0) is 21.2 Å². The Bertz CT molecular complexity index is 1440. The molecule has 0 saturated carbocycles. The molecule has 0 bridgehead atoms. The van der Waals surface area contributed by atoms with E-state index in [4.69, 9.17) is 4.52 Å². The smallest absolute Gasteiger partial charge is 0.248 e. The second-order valence-electron chi connectivity index (χ2n) is 9.01. The molecule has 1 amide bonds. The monoisotopic (exact) mass is 513 g/mol. The lowest BCUT2D eigenvalue weighted by molar-refractivity contribution is -0.123. The summed E-state index contributed by atoms with van der Waals surface area (Å²) in [5.41, 5.74) is 2.35. The molecule has 0 aliphatic carbocycles. The number of hydrogen-bond donors (Lipinski definition) is 0. The Kier molecular flexibility index (Phi) is 6.48. The molecule has 0 N–H and O–H groups in total. The number of aryl methyl sites for hydroxylation is 1. The first-order valence-electron chi connectivity index (χ1n) is 11.7. The minimum Gasteiger partial charge on any atom is -0.355 e. The molecule has 36 heavy (non-hydrogen) atoms. The molecule has 0 spiro atoms. The van der Waals surface area contributed by atoms with Gasteiger partial charge in [-0.3, -0.25) is 4.79 Å². The van der Waals surface area contributed by atoms with Gasteiger partial charge in [-0.05, 0) is 62.1 Å². The Morgan fingerprint density at radius 1 is 1.08 bits per heavy atom. The molecule has 2 aliphatic heterocycles. The van der Waals surface area contributed by atoms with E-state index in [0.29, 0.717) is 19.4 Å². The first-order valence-corrected chi connectivity index (χ1v) is 13.2. The molecule has 1 fully saturated rings. The third-order valence-electron chi connectivity index (χ3n) is 6.76. The molecule has 1 aromatic heterocycles. The summed E-state index contributed by atoms with van der Waals surface area (Å²) in [6.07, 6.45) is 4.26. The van der Waals surface area contributed by atoms with Gasteiger partial charge in [-0.15, -0.1) is 0 Å². The summed E-state index contributed by atoms with van der Waals surface area (Å²) in [5.74, 6) is -1.75. The van der Waals surface area contributed by atoms with Gasteiger partial charge in [0.25, 0.3) is 0 Å². The van der Waals surface area contributed by atoms with Crippen LogP contribution >= 0.6 is 0 Å². The van der Waals surface area contributed by atoms with E-state index in [1.54, 1.807) is 0 Å². The van der Waals surface area contributed by atoms with Gasteiger partial charge in [0, 0.05) is 42.9 Å². The standard InChI is InChI=1S/C26H25F2N3O4S/c1-17-25(24(35-29-17)9-7-18-6-8-21(27)16-22(18)28)36(33,34)30-13-10-20(11-14-30)26(32)31-15-12-19-4-2-3-5-23(19)31/h2-9,16,20H,10-15H2,1H3. The molecule has 0 unspecified atom stereocenters. The fourth-order valence-electron chi connectivity index (χ4n) is 4.86. The van der Waals surface area contributed by atoms with Crippen molar-refractivity contribution in [3.05, 3.63) is 76.7 Å². The van der Waals surface area contributed by atoms with Gasteiger partial charge in [0.05, 0.1) is 0 Å². The molecule has 7 nitrogen and oxygen atoms in total. The number of halogens is 2. The van der Waals surface area contributed by atoms with E-state index in [-0.39, 0.29) is 46.8 Å². The summed E-state index contributed by atoms with van der Waals surface area (Å²) in [7, 11) is -3.97. The van der Waals surface area contributed by atoms with E-state index in [1.165, 1.54) is 29.4 Å². The van der Waals surface area contributed by atoms with Crippen LogP contribution in [0.3, 0.4) is 0 Å². The first-order chi connectivity index (χ1) is 17.3. The van der Waals surface area contributed by atoms with Crippen molar-refractivity contribution in [3.63, 3.8) is 0 Å². The topological polar surface area (TPSA) is 83.7 Å². The van der Waals surface area contributed by atoms with E-state index < -0.39 is 21.7 Å². The van der Waals surface area contributed by atoms with E-state index in [9.17, 15) is 22.0 Å². The Balaban J connectivity index is 1.30. The largest absolute Gasteiger partial charge is 0.355 e. The third-order valence-corrected chi connectivity index (χ3v) is 8.82. The van der Waals surface area contributed by atoms with Crippen LogP contribution in [0.1, 0.15) is 35.4 Å². The van der Waals surface area contributed by atoms with Crippen LogP contribution in [0, 0.1) is 24.5 Å². The molecule has 0 radical (unpaired) electrons. The summed E-state index contributed by atoms with van der Waals surface area (Å²) in [5, 5.41) is 3.80. The van der Waals surface area contributed by atoms with E-state index in [1.807, 2.05) is 29.2 Å². The van der Waals surface area contributed by atoms with Crippen molar-refractivity contribution in [2.24, 2.45) is 5.92 Å². The predicted octanol–water partition coefficient (Wildman–Crippen LogP) is 4.42. The van der Waals surface area contributed by atoms with Crippen molar-refractivity contribution < 1.29 is 26.5 Å². The van der Waals surface area contributed by atoms with Crippen LogP contribution < -0.4 is 4.90 Å². The molecule has 2 aromatic carbocycles. The average molecular weight is 514 g/mol. The average Bonchev–Trinajstić information content (AvgIpc) is 3.47. The third kappa shape index (κ3) is 4.46. The number of carbonyl (C=O) groups is 1. The summed E-state index contributed by atoms with van der Waals surface area (Å²) in [4.78, 5) is 14.9. The number of para-hydroxylation sites is 1. The zero-order valence-electron chi connectivity index (χ0n) is 19.7. The molecule has 3 heterocycles. The summed E-state index contributed by atoms with van der Waals surface area (Å²) in [6, 6.07) is 10.9. The van der Waals surface area contributed by atoms with E-state index in [0.717, 1.165) is 29.8 Å². The van der Waals surface area contributed by atoms with Crippen molar-refractivity contribution in [1.29, 1.82) is 0 Å². The first kappa shape index (κ1) is 24.3. The highest BCUT2D eigenvalue weighted by Crippen LogP contribution is 2.33. The van der Waals surface area contributed by atoms with Gasteiger partial charge >= 0.3 is 0 Å². The zero-order chi connectivity index (χ0) is 25.4. The lowest BCUT2D eigenvalue weighted by atomic mass is 9.96. The second-order valence-corrected chi connectivity index (χ2v) is 10.9. The number of rotatable bonds is 5. The highest BCUT2D eigenvalue weighted by atomic mass is 32.2. The Hall–Kier alpha value is -3.37. The molecule has 0 atom stereocenters. The Labute approximate surface area is 208 Å². The number of piperidine rings is 1. The maximum absolute atomic E-state index is 14.0. The summed E-state index contributed by atoms with van der Waals surface area (Å²) < 4.78 is 60.7. The molecular weight excluding hydrogens is 488 g/mol. The van der Waals surface area contributed by atoms with Crippen LogP contribution in [0.25, 0.3) is 12.2 Å². The van der Waals surface area contributed by atoms with Crippen LogP contribution in [0.5, 0.6) is 0 Å². The van der Waals surface area contributed by atoms with Crippen molar-refractivity contribution >= 4 is 33.8 Å². The second kappa shape index (κ2) is 9.59. The Morgan fingerprint density at radius 2 is 1.83 bits per heavy atom. The fraction of sp³-hybridized carbons (Fsp3) is 0.308. The fourth-order valence-corrected chi connectivity index (χ4v) is 6.58. The van der Waals surface area contributed by atoms with Crippen molar-refractivity contribution in [1.82, 2.24) is 9.46 Å². The SMILES string of the molecule is Cc1noc(C=Cc2ccc(F)cc2F)c1S(=O)(=O)N1CCC(C(=O)N2CCc3ccccc32)CC1. The number of fused-ring (bicyclic) bond motifs is 1. The highest BCUT2D eigenvalue weighted by molar-refractivity contribution is 7.89. The van der Waals surface area contributed by atoms with Crippen molar-refractivity contribution in [3.8, 4) is 0 Å². The zero-order valence-corrected chi connectivity index (χ0v) is 20.5. The van der Waals surface area contributed by atoms with Gasteiger partial charge in [0.1, 0.15) is 17.3 Å². The summed E-state index contributed by atoms with van der Waals surface area (Å²) >= 11 is 0. The van der Waals surface area contributed by atoms with Gasteiger partial charge in [-0.25, -0.2) is 17.2 Å². The molecular formula is C26H25F2N3O4S. The highest BCUT2D eigenvalue weighted by Gasteiger charge is 2.38. The van der Waals surface area contributed by atoms with Crippen LogP contribution in [0.2, 0.25) is 0 Å². The number of hydrogen-bond acceptors (Lipinski definition) is 5. The molecule has 3 aromatic rings. The number of amides is 1. The predicted molar refractivity (Wildman–Crippen MR) is 131 cm³/mol. The van der Waals surface area contributed by atoms with Crippen LogP contribution in [-0.4, -0.2) is 43.4 Å². The minimum atomic E-state index is -3.97. The van der Waals surface area contributed by atoms with Gasteiger partial charge in [0.2, 0.25) is 15.9 Å².